The minimum absolute atomic E-state index is 0.310. The summed E-state index contributed by atoms with van der Waals surface area (Å²) in [6.07, 6.45) is 1.69. The largest absolute Gasteiger partial charge is 0.493 e. The fourth-order valence-corrected chi connectivity index (χ4v) is 2.50. The summed E-state index contributed by atoms with van der Waals surface area (Å²) in [4.78, 5) is 0. The second-order valence-electron chi connectivity index (χ2n) is 4.45. The molecule has 0 bridgehead atoms. The number of halogens is 1. The summed E-state index contributed by atoms with van der Waals surface area (Å²) in [6, 6.07) is 5.51. The second-order valence-corrected chi connectivity index (χ2v) is 4.89. The molecule has 2 aromatic rings. The highest BCUT2D eigenvalue weighted by Crippen LogP contribution is 2.30. The Morgan fingerprint density at radius 1 is 1.42 bits per heavy atom. The van der Waals surface area contributed by atoms with Gasteiger partial charge in [0.25, 0.3) is 0 Å². The maximum absolute atomic E-state index is 6.35. The third kappa shape index (κ3) is 2.74. The minimum atomic E-state index is -0.310. The molecule has 1 aromatic heterocycles. The molecule has 0 saturated heterocycles. The van der Waals surface area contributed by atoms with Gasteiger partial charge in [-0.05, 0) is 37.1 Å². The zero-order valence-corrected chi connectivity index (χ0v) is 12.1. The smallest absolute Gasteiger partial charge is 0.161 e. The summed E-state index contributed by atoms with van der Waals surface area (Å²) in [5.74, 6) is 0.701. The molecule has 1 heterocycles. The van der Waals surface area contributed by atoms with Crippen LogP contribution in [0.25, 0.3) is 0 Å². The predicted molar refractivity (Wildman–Crippen MR) is 76.7 cm³/mol. The molecule has 5 heteroatoms. The summed E-state index contributed by atoms with van der Waals surface area (Å²) in [5, 5.41) is 4.96. The number of nitrogens with two attached hydrogens (primary N) is 1. The number of hydrogen-bond donors (Lipinski definition) is 1. The lowest BCUT2D eigenvalue weighted by Crippen LogP contribution is -2.18. The average Bonchev–Trinajstić information content (AvgIpc) is 2.79. The van der Waals surface area contributed by atoms with Gasteiger partial charge in [0, 0.05) is 11.6 Å². The Labute approximate surface area is 118 Å². The Balaban J connectivity index is 2.48. The van der Waals surface area contributed by atoms with Crippen molar-refractivity contribution in [2.75, 3.05) is 7.11 Å². The molecule has 19 heavy (non-hydrogen) atoms. The number of aryl methyl sites for hydroxylation is 2. The zero-order valence-electron chi connectivity index (χ0n) is 11.4. The van der Waals surface area contributed by atoms with Crippen LogP contribution in [0, 0.1) is 6.92 Å². The molecule has 2 N–H and O–H groups in total. The molecule has 2 rings (SSSR count). The Kier molecular flexibility index (Phi) is 4.12. The molecule has 102 valence electrons. The molecule has 0 radical (unpaired) electrons. The summed E-state index contributed by atoms with van der Waals surface area (Å²) in [6.45, 7) is 4.76. The molecule has 4 nitrogen and oxygen atoms in total. The molecular weight excluding hydrogens is 262 g/mol. The maximum Gasteiger partial charge on any atom is 0.161 e. The fourth-order valence-electron chi connectivity index (χ4n) is 2.20. The van der Waals surface area contributed by atoms with E-state index in [9.17, 15) is 0 Å². The van der Waals surface area contributed by atoms with Gasteiger partial charge in [0.05, 0.1) is 19.3 Å². The van der Waals surface area contributed by atoms with E-state index in [0.717, 1.165) is 23.4 Å². The summed E-state index contributed by atoms with van der Waals surface area (Å²) in [5.41, 5.74) is 9.26. The molecule has 1 atom stereocenters. The third-order valence-electron chi connectivity index (χ3n) is 3.08. The van der Waals surface area contributed by atoms with E-state index in [2.05, 4.69) is 5.10 Å². The lowest BCUT2D eigenvalue weighted by molar-refractivity contribution is 0.404. The van der Waals surface area contributed by atoms with Crippen LogP contribution in [0.5, 0.6) is 5.75 Å². The Morgan fingerprint density at radius 2 is 2.16 bits per heavy atom. The van der Waals surface area contributed by atoms with Crippen LogP contribution in [0.2, 0.25) is 5.02 Å². The topological polar surface area (TPSA) is 53.1 Å². The molecule has 0 aliphatic heterocycles. The zero-order chi connectivity index (χ0) is 14.0. The van der Waals surface area contributed by atoms with E-state index >= 15 is 0 Å². The van der Waals surface area contributed by atoms with Crippen molar-refractivity contribution in [3.63, 3.8) is 0 Å². The first-order valence-corrected chi connectivity index (χ1v) is 6.57. The van der Waals surface area contributed by atoms with Crippen LogP contribution in [0.15, 0.2) is 24.4 Å². The highest BCUT2D eigenvalue weighted by atomic mass is 35.5. The van der Waals surface area contributed by atoms with Crippen LogP contribution >= 0.6 is 11.6 Å². The average molecular weight is 280 g/mol. The van der Waals surface area contributed by atoms with E-state index in [4.69, 9.17) is 22.1 Å². The van der Waals surface area contributed by atoms with E-state index < -0.39 is 0 Å². The van der Waals surface area contributed by atoms with Crippen LogP contribution < -0.4 is 10.5 Å². The first-order chi connectivity index (χ1) is 9.06. The monoisotopic (exact) mass is 279 g/mol. The Hall–Kier alpha value is -1.52. The molecule has 1 unspecified atom stereocenters. The highest BCUT2D eigenvalue weighted by molar-refractivity contribution is 6.30. The summed E-state index contributed by atoms with van der Waals surface area (Å²) >= 11 is 6.09. The van der Waals surface area contributed by atoms with Crippen LogP contribution in [-0.2, 0) is 6.54 Å². The van der Waals surface area contributed by atoms with E-state index in [-0.39, 0.29) is 6.04 Å². The second kappa shape index (κ2) is 5.63. The normalized spacial score (nSPS) is 12.5. The lowest BCUT2D eigenvalue weighted by atomic mass is 10.0. The molecule has 0 aliphatic carbocycles. The van der Waals surface area contributed by atoms with Crippen molar-refractivity contribution in [2.45, 2.75) is 26.4 Å². The van der Waals surface area contributed by atoms with Crippen molar-refractivity contribution in [3.8, 4) is 5.75 Å². The summed E-state index contributed by atoms with van der Waals surface area (Å²) in [7, 11) is 1.62. The first-order valence-electron chi connectivity index (χ1n) is 6.19. The SMILES string of the molecule is CCn1ncc(OC)c1C(N)c1cc(C)cc(Cl)c1. The standard InChI is InChI=1S/C14H18ClN3O/c1-4-18-14(12(19-3)8-17-18)13(16)10-5-9(2)6-11(15)7-10/h5-8,13H,4,16H2,1-3H3. The van der Waals surface area contributed by atoms with Crippen molar-refractivity contribution in [3.05, 3.63) is 46.2 Å². The number of benzene rings is 1. The molecule has 1 aromatic carbocycles. The van der Waals surface area contributed by atoms with Crippen LogP contribution in [0.1, 0.15) is 29.8 Å². The third-order valence-corrected chi connectivity index (χ3v) is 3.30. The van der Waals surface area contributed by atoms with Gasteiger partial charge in [-0.3, -0.25) is 4.68 Å². The molecule has 0 fully saturated rings. The number of ether oxygens (including phenoxy) is 1. The van der Waals surface area contributed by atoms with Gasteiger partial charge in [0.1, 0.15) is 5.69 Å². The van der Waals surface area contributed by atoms with Crippen LogP contribution in [-0.4, -0.2) is 16.9 Å². The van der Waals surface area contributed by atoms with Crippen LogP contribution in [0.4, 0.5) is 0 Å². The van der Waals surface area contributed by atoms with Crippen molar-refractivity contribution in [1.29, 1.82) is 0 Å². The van der Waals surface area contributed by atoms with Gasteiger partial charge in [-0.2, -0.15) is 5.10 Å². The quantitative estimate of drug-likeness (QED) is 0.936. The Morgan fingerprint density at radius 3 is 2.74 bits per heavy atom. The molecule has 0 spiro atoms. The number of aromatic nitrogens is 2. The van der Waals surface area contributed by atoms with Gasteiger partial charge in [-0.25, -0.2) is 0 Å². The van der Waals surface area contributed by atoms with Crippen molar-refractivity contribution >= 4 is 11.6 Å². The van der Waals surface area contributed by atoms with E-state index in [0.29, 0.717) is 10.8 Å². The minimum Gasteiger partial charge on any atom is -0.493 e. The first kappa shape index (κ1) is 13.9. The van der Waals surface area contributed by atoms with E-state index in [1.807, 2.05) is 36.7 Å². The van der Waals surface area contributed by atoms with E-state index in [1.54, 1.807) is 13.3 Å². The van der Waals surface area contributed by atoms with Gasteiger partial charge in [0.15, 0.2) is 5.75 Å². The predicted octanol–water partition coefficient (Wildman–Crippen LogP) is 2.92. The van der Waals surface area contributed by atoms with Crippen LogP contribution in [0.3, 0.4) is 0 Å². The van der Waals surface area contributed by atoms with Crippen molar-refractivity contribution < 1.29 is 4.74 Å². The van der Waals surface area contributed by atoms with Crippen molar-refractivity contribution in [2.24, 2.45) is 5.73 Å². The fraction of sp³-hybridized carbons (Fsp3) is 0.357. The molecular formula is C14H18ClN3O. The number of methoxy groups -OCH3 is 1. The van der Waals surface area contributed by atoms with Gasteiger partial charge < -0.3 is 10.5 Å². The lowest BCUT2D eigenvalue weighted by Gasteiger charge is -2.16. The Bertz CT molecular complexity index is 538. The number of rotatable bonds is 4. The molecule has 0 amide bonds. The van der Waals surface area contributed by atoms with Crippen molar-refractivity contribution in [1.82, 2.24) is 9.78 Å². The highest BCUT2D eigenvalue weighted by Gasteiger charge is 2.20. The van der Waals surface area contributed by atoms with Gasteiger partial charge in [0.2, 0.25) is 0 Å². The molecule has 0 aliphatic rings. The summed E-state index contributed by atoms with van der Waals surface area (Å²) < 4.78 is 7.18. The number of nitrogens with zero attached hydrogens (tertiary/aromatic N) is 2. The van der Waals surface area contributed by atoms with Gasteiger partial charge in [-0.15, -0.1) is 0 Å². The number of hydrogen-bond acceptors (Lipinski definition) is 3. The van der Waals surface area contributed by atoms with Gasteiger partial charge >= 0.3 is 0 Å². The van der Waals surface area contributed by atoms with E-state index in [1.165, 1.54) is 0 Å². The molecule has 0 saturated carbocycles. The maximum atomic E-state index is 6.35. The van der Waals surface area contributed by atoms with Gasteiger partial charge in [-0.1, -0.05) is 17.7 Å².